The molecule has 1 aliphatic rings. The lowest BCUT2D eigenvalue weighted by Gasteiger charge is -1.96. The van der Waals surface area contributed by atoms with E-state index in [1.165, 1.54) is 5.56 Å². The third-order valence-corrected chi connectivity index (χ3v) is 2.49. The zero-order chi connectivity index (χ0) is 8.39. The molecule has 0 N–H and O–H groups in total. The highest BCUT2D eigenvalue weighted by atomic mass is 16.1. The summed E-state index contributed by atoms with van der Waals surface area (Å²) in [6, 6.07) is 10.4. The quantitative estimate of drug-likeness (QED) is 0.618. The van der Waals surface area contributed by atoms with Gasteiger partial charge in [-0.2, -0.15) is 0 Å². The normalized spacial score (nSPS) is 26.7. The van der Waals surface area contributed by atoms with Gasteiger partial charge in [0.15, 0.2) is 0 Å². The molecule has 1 aromatic carbocycles. The molecule has 0 bridgehead atoms. The molecular formula is C11H12O. The zero-order valence-corrected chi connectivity index (χ0v) is 6.94. The summed E-state index contributed by atoms with van der Waals surface area (Å²) in [6.07, 6.45) is 3.26. The van der Waals surface area contributed by atoms with Gasteiger partial charge in [0.25, 0.3) is 0 Å². The molecule has 0 saturated heterocycles. The van der Waals surface area contributed by atoms with Gasteiger partial charge >= 0.3 is 0 Å². The standard InChI is InChI=1S/C11H12O/c12-8-11-7-10(11)6-9-4-2-1-3-5-9/h1-5,8,10-11H,6-7H2/t10-,11+/m1/s1. The summed E-state index contributed by atoms with van der Waals surface area (Å²) in [5, 5.41) is 0. The summed E-state index contributed by atoms with van der Waals surface area (Å²) >= 11 is 0. The summed E-state index contributed by atoms with van der Waals surface area (Å²) in [6.45, 7) is 0. The number of hydrogen-bond donors (Lipinski definition) is 0. The first kappa shape index (κ1) is 7.53. The Balaban J connectivity index is 1.93. The Morgan fingerprint density at radius 1 is 1.33 bits per heavy atom. The van der Waals surface area contributed by atoms with Gasteiger partial charge in [-0.3, -0.25) is 0 Å². The van der Waals surface area contributed by atoms with Gasteiger partial charge < -0.3 is 4.79 Å². The first-order chi connectivity index (χ1) is 5.90. The molecule has 1 aliphatic carbocycles. The molecule has 62 valence electrons. The maximum atomic E-state index is 10.4. The predicted molar refractivity (Wildman–Crippen MR) is 47.8 cm³/mol. The van der Waals surface area contributed by atoms with Gasteiger partial charge in [0, 0.05) is 5.92 Å². The minimum absolute atomic E-state index is 0.352. The first-order valence-electron chi connectivity index (χ1n) is 4.39. The molecule has 1 nitrogen and oxygen atoms in total. The molecular weight excluding hydrogens is 148 g/mol. The van der Waals surface area contributed by atoms with Gasteiger partial charge in [0.2, 0.25) is 0 Å². The van der Waals surface area contributed by atoms with Crippen molar-refractivity contribution in [3.63, 3.8) is 0 Å². The number of hydrogen-bond acceptors (Lipinski definition) is 1. The Morgan fingerprint density at radius 2 is 2.08 bits per heavy atom. The van der Waals surface area contributed by atoms with Crippen LogP contribution < -0.4 is 0 Å². The van der Waals surface area contributed by atoms with Crippen LogP contribution in [0.2, 0.25) is 0 Å². The summed E-state index contributed by atoms with van der Waals surface area (Å²) in [5.74, 6) is 0.982. The molecule has 0 unspecified atom stereocenters. The second kappa shape index (κ2) is 3.10. The van der Waals surface area contributed by atoms with Crippen molar-refractivity contribution in [3.05, 3.63) is 35.9 Å². The topological polar surface area (TPSA) is 17.1 Å². The van der Waals surface area contributed by atoms with Crippen molar-refractivity contribution in [1.82, 2.24) is 0 Å². The van der Waals surface area contributed by atoms with Crippen LogP contribution in [0.3, 0.4) is 0 Å². The highest BCUT2D eigenvalue weighted by molar-refractivity contribution is 5.58. The molecule has 1 saturated carbocycles. The fourth-order valence-corrected chi connectivity index (χ4v) is 1.59. The Kier molecular flexibility index (Phi) is 1.94. The Bertz CT molecular complexity index is 266. The number of benzene rings is 1. The number of carbonyl (C=O) groups excluding carboxylic acids is 1. The minimum atomic E-state index is 0.352. The second-order valence-electron chi connectivity index (χ2n) is 3.49. The Hall–Kier alpha value is -1.11. The molecule has 1 heteroatoms. The lowest BCUT2D eigenvalue weighted by Crippen LogP contribution is -1.89. The van der Waals surface area contributed by atoms with E-state index in [9.17, 15) is 4.79 Å². The van der Waals surface area contributed by atoms with E-state index in [4.69, 9.17) is 0 Å². The maximum Gasteiger partial charge on any atom is 0.123 e. The lowest BCUT2D eigenvalue weighted by molar-refractivity contribution is -0.109. The molecule has 0 aliphatic heterocycles. The van der Waals surface area contributed by atoms with Crippen LogP contribution in [0.4, 0.5) is 0 Å². The molecule has 0 aromatic heterocycles. The monoisotopic (exact) mass is 160 g/mol. The van der Waals surface area contributed by atoms with Crippen LogP contribution in [0.1, 0.15) is 12.0 Å². The van der Waals surface area contributed by atoms with Crippen molar-refractivity contribution in [2.45, 2.75) is 12.8 Å². The van der Waals surface area contributed by atoms with E-state index < -0.39 is 0 Å². The van der Waals surface area contributed by atoms with E-state index in [1.54, 1.807) is 0 Å². The molecule has 1 fully saturated rings. The summed E-state index contributed by atoms with van der Waals surface area (Å²) in [5.41, 5.74) is 1.35. The van der Waals surface area contributed by atoms with Crippen LogP contribution in [-0.4, -0.2) is 6.29 Å². The van der Waals surface area contributed by atoms with Gasteiger partial charge in [0.1, 0.15) is 6.29 Å². The number of carbonyl (C=O) groups is 1. The molecule has 12 heavy (non-hydrogen) atoms. The predicted octanol–water partition coefficient (Wildman–Crippen LogP) is 2.06. The fourth-order valence-electron chi connectivity index (χ4n) is 1.59. The molecule has 0 heterocycles. The van der Waals surface area contributed by atoms with Crippen LogP contribution in [0.25, 0.3) is 0 Å². The summed E-state index contributed by atoms with van der Waals surface area (Å²) < 4.78 is 0. The van der Waals surface area contributed by atoms with E-state index >= 15 is 0 Å². The SMILES string of the molecule is O=C[C@@H]1C[C@H]1Cc1ccccc1. The first-order valence-corrected chi connectivity index (χ1v) is 4.39. The average Bonchev–Trinajstić information content (AvgIpc) is 2.85. The van der Waals surface area contributed by atoms with Gasteiger partial charge in [-0.25, -0.2) is 0 Å². The lowest BCUT2D eigenvalue weighted by atomic mass is 10.1. The van der Waals surface area contributed by atoms with Crippen molar-refractivity contribution < 1.29 is 4.79 Å². The summed E-state index contributed by atoms with van der Waals surface area (Å²) in [4.78, 5) is 10.4. The number of aldehydes is 1. The number of rotatable bonds is 3. The fraction of sp³-hybridized carbons (Fsp3) is 0.364. The van der Waals surface area contributed by atoms with Crippen LogP contribution in [-0.2, 0) is 11.2 Å². The van der Waals surface area contributed by atoms with Crippen LogP contribution in [0.15, 0.2) is 30.3 Å². The van der Waals surface area contributed by atoms with Crippen LogP contribution >= 0.6 is 0 Å². The van der Waals surface area contributed by atoms with E-state index in [-0.39, 0.29) is 0 Å². The minimum Gasteiger partial charge on any atom is -0.303 e. The van der Waals surface area contributed by atoms with E-state index in [2.05, 4.69) is 12.1 Å². The third kappa shape index (κ3) is 1.55. The largest absolute Gasteiger partial charge is 0.303 e. The van der Waals surface area contributed by atoms with Crippen molar-refractivity contribution in [3.8, 4) is 0 Å². The Labute approximate surface area is 72.4 Å². The van der Waals surface area contributed by atoms with Gasteiger partial charge in [-0.1, -0.05) is 30.3 Å². The van der Waals surface area contributed by atoms with Crippen molar-refractivity contribution >= 4 is 6.29 Å². The van der Waals surface area contributed by atoms with Gasteiger partial charge in [-0.15, -0.1) is 0 Å². The molecule has 0 radical (unpaired) electrons. The van der Waals surface area contributed by atoms with E-state index in [0.717, 1.165) is 19.1 Å². The van der Waals surface area contributed by atoms with Crippen LogP contribution in [0, 0.1) is 11.8 Å². The highest BCUT2D eigenvalue weighted by Gasteiger charge is 2.36. The van der Waals surface area contributed by atoms with Crippen LogP contribution in [0.5, 0.6) is 0 Å². The van der Waals surface area contributed by atoms with E-state index in [1.807, 2.05) is 18.2 Å². The second-order valence-corrected chi connectivity index (χ2v) is 3.49. The van der Waals surface area contributed by atoms with Crippen molar-refractivity contribution in [2.75, 3.05) is 0 Å². The Morgan fingerprint density at radius 3 is 2.67 bits per heavy atom. The van der Waals surface area contributed by atoms with Crippen molar-refractivity contribution in [1.29, 1.82) is 0 Å². The summed E-state index contributed by atoms with van der Waals surface area (Å²) in [7, 11) is 0. The zero-order valence-electron chi connectivity index (χ0n) is 6.94. The molecule has 2 atom stereocenters. The van der Waals surface area contributed by atoms with Gasteiger partial charge in [-0.05, 0) is 24.3 Å². The molecule has 2 rings (SSSR count). The van der Waals surface area contributed by atoms with Crippen molar-refractivity contribution in [2.24, 2.45) is 11.8 Å². The molecule has 0 spiro atoms. The molecule has 0 amide bonds. The highest BCUT2D eigenvalue weighted by Crippen LogP contribution is 2.39. The van der Waals surface area contributed by atoms with Gasteiger partial charge in [0.05, 0.1) is 0 Å². The smallest absolute Gasteiger partial charge is 0.123 e. The average molecular weight is 160 g/mol. The maximum absolute atomic E-state index is 10.4. The van der Waals surface area contributed by atoms with E-state index in [0.29, 0.717) is 11.8 Å². The third-order valence-electron chi connectivity index (χ3n) is 2.49. The molecule has 1 aromatic rings.